The lowest BCUT2D eigenvalue weighted by molar-refractivity contribution is -0.121. The van der Waals surface area contributed by atoms with Crippen molar-refractivity contribution in [2.24, 2.45) is 5.73 Å². The molecular weight excluding hydrogens is 282 g/mol. The van der Waals surface area contributed by atoms with Crippen molar-refractivity contribution in [2.75, 3.05) is 6.54 Å². The van der Waals surface area contributed by atoms with E-state index in [9.17, 15) is 14.7 Å². The molecule has 2 unspecified atom stereocenters. The molecule has 0 saturated carbocycles. The van der Waals surface area contributed by atoms with Gasteiger partial charge < -0.3 is 15.7 Å². The number of aliphatic hydroxyl groups excluding tert-OH is 1. The Morgan fingerprint density at radius 2 is 2.25 bits per heavy atom. The number of β-amino-alcohol motifs (C(OH)–C–C–N with tert-alkyl or cyclic N) is 1. The lowest BCUT2D eigenvalue weighted by Gasteiger charge is -2.22. The van der Waals surface area contributed by atoms with Gasteiger partial charge in [0, 0.05) is 24.2 Å². The number of aromatic nitrogens is 1. The van der Waals surface area contributed by atoms with Gasteiger partial charge in [0.1, 0.15) is 11.2 Å². The van der Waals surface area contributed by atoms with E-state index in [0.717, 1.165) is 0 Å². The van der Waals surface area contributed by atoms with Crippen LogP contribution >= 0.6 is 11.6 Å². The molecule has 0 aromatic carbocycles. The molecule has 0 bridgehead atoms. The normalized spacial score (nSPS) is 22.1. The summed E-state index contributed by atoms with van der Waals surface area (Å²) in [5.74, 6) is -0.991. The third kappa shape index (κ3) is 2.91. The summed E-state index contributed by atoms with van der Waals surface area (Å²) in [7, 11) is 0. The van der Waals surface area contributed by atoms with Crippen molar-refractivity contribution >= 4 is 23.4 Å². The minimum atomic E-state index is -0.783. The Labute approximate surface area is 121 Å². The smallest absolute Gasteiger partial charge is 0.254 e. The summed E-state index contributed by atoms with van der Waals surface area (Å²) in [6.45, 7) is 1.99. The minimum Gasteiger partial charge on any atom is -0.391 e. The fourth-order valence-corrected chi connectivity index (χ4v) is 2.56. The van der Waals surface area contributed by atoms with Gasteiger partial charge in [0.15, 0.2) is 0 Å². The van der Waals surface area contributed by atoms with Crippen molar-refractivity contribution in [2.45, 2.75) is 31.9 Å². The van der Waals surface area contributed by atoms with Gasteiger partial charge in [-0.15, -0.1) is 0 Å². The molecular formula is C13H16ClN3O3. The maximum absolute atomic E-state index is 12.4. The molecule has 1 aliphatic rings. The Morgan fingerprint density at radius 1 is 1.55 bits per heavy atom. The van der Waals surface area contributed by atoms with E-state index in [1.54, 1.807) is 6.07 Å². The number of nitrogens with zero attached hydrogens (tertiary/aromatic N) is 2. The zero-order chi connectivity index (χ0) is 14.9. The van der Waals surface area contributed by atoms with Crippen LogP contribution in [-0.2, 0) is 11.2 Å². The number of carbonyl (C=O) groups is 2. The van der Waals surface area contributed by atoms with E-state index in [0.29, 0.717) is 17.7 Å². The summed E-state index contributed by atoms with van der Waals surface area (Å²) in [4.78, 5) is 29.2. The molecule has 1 aromatic rings. The molecule has 1 aromatic heterocycles. The van der Waals surface area contributed by atoms with Gasteiger partial charge in [0.25, 0.3) is 5.91 Å². The number of nitrogens with two attached hydrogens (primary N) is 1. The molecule has 2 amide bonds. The Kier molecular flexibility index (Phi) is 4.25. The van der Waals surface area contributed by atoms with Crippen LogP contribution in [0, 0.1) is 0 Å². The standard InChI is InChI=1S/C13H16ClN3O3/c1-2-8-3-7(4-11(14)16-8)13(20)17-6-9(18)5-10(17)12(15)19/h3-4,9-10,18H,2,5-6H2,1H3,(H2,15,19). The first kappa shape index (κ1) is 14.7. The lowest BCUT2D eigenvalue weighted by Crippen LogP contribution is -2.43. The van der Waals surface area contributed by atoms with E-state index >= 15 is 0 Å². The fraction of sp³-hybridized carbons (Fsp3) is 0.462. The number of pyridine rings is 1. The summed E-state index contributed by atoms with van der Waals surface area (Å²) in [5.41, 5.74) is 6.31. The van der Waals surface area contributed by atoms with Gasteiger partial charge in [-0.2, -0.15) is 0 Å². The van der Waals surface area contributed by atoms with Crippen LogP contribution in [-0.4, -0.2) is 45.5 Å². The van der Waals surface area contributed by atoms with Crippen LogP contribution < -0.4 is 5.73 Å². The van der Waals surface area contributed by atoms with E-state index in [1.807, 2.05) is 6.92 Å². The van der Waals surface area contributed by atoms with Gasteiger partial charge in [0.2, 0.25) is 5.91 Å². The van der Waals surface area contributed by atoms with E-state index in [2.05, 4.69) is 4.98 Å². The van der Waals surface area contributed by atoms with E-state index in [4.69, 9.17) is 17.3 Å². The van der Waals surface area contributed by atoms with Gasteiger partial charge in [-0.3, -0.25) is 9.59 Å². The second-order valence-electron chi connectivity index (χ2n) is 4.79. The number of carbonyl (C=O) groups excluding carboxylic acids is 2. The second kappa shape index (κ2) is 5.76. The highest BCUT2D eigenvalue weighted by Gasteiger charge is 2.38. The van der Waals surface area contributed by atoms with Crippen molar-refractivity contribution in [1.82, 2.24) is 9.88 Å². The molecule has 2 heterocycles. The van der Waals surface area contributed by atoms with Gasteiger partial charge in [-0.1, -0.05) is 18.5 Å². The number of halogens is 1. The summed E-state index contributed by atoms with van der Waals surface area (Å²) >= 11 is 5.88. The lowest BCUT2D eigenvalue weighted by atomic mass is 10.1. The Morgan fingerprint density at radius 3 is 2.85 bits per heavy atom. The van der Waals surface area contributed by atoms with Crippen LogP contribution in [0.2, 0.25) is 5.15 Å². The zero-order valence-electron chi connectivity index (χ0n) is 11.0. The number of rotatable bonds is 3. The molecule has 6 nitrogen and oxygen atoms in total. The fourth-order valence-electron chi connectivity index (χ4n) is 2.33. The zero-order valence-corrected chi connectivity index (χ0v) is 11.8. The molecule has 2 atom stereocenters. The van der Waals surface area contributed by atoms with Crippen LogP contribution in [0.4, 0.5) is 0 Å². The van der Waals surface area contributed by atoms with Crippen LogP contribution in [0.5, 0.6) is 0 Å². The molecule has 1 aliphatic heterocycles. The van der Waals surface area contributed by atoms with Crippen LogP contribution in [0.1, 0.15) is 29.4 Å². The van der Waals surface area contributed by atoms with Gasteiger partial charge >= 0.3 is 0 Å². The second-order valence-corrected chi connectivity index (χ2v) is 5.18. The number of hydrogen-bond acceptors (Lipinski definition) is 4. The van der Waals surface area contributed by atoms with Crippen LogP contribution in [0.15, 0.2) is 12.1 Å². The molecule has 108 valence electrons. The van der Waals surface area contributed by atoms with Crippen molar-refractivity contribution < 1.29 is 14.7 Å². The average Bonchev–Trinajstić information content (AvgIpc) is 2.79. The van der Waals surface area contributed by atoms with Crippen molar-refractivity contribution in [1.29, 1.82) is 0 Å². The third-order valence-electron chi connectivity index (χ3n) is 3.32. The molecule has 2 rings (SSSR count). The van der Waals surface area contributed by atoms with Gasteiger partial charge in [-0.05, 0) is 18.6 Å². The Hall–Kier alpha value is -1.66. The van der Waals surface area contributed by atoms with Crippen molar-refractivity contribution in [3.05, 3.63) is 28.5 Å². The molecule has 7 heteroatoms. The summed E-state index contributed by atoms with van der Waals surface area (Å²) in [6, 6.07) is 2.30. The number of likely N-dealkylation sites (tertiary alicyclic amines) is 1. The highest BCUT2D eigenvalue weighted by atomic mass is 35.5. The highest BCUT2D eigenvalue weighted by molar-refractivity contribution is 6.29. The molecule has 1 fully saturated rings. The number of amides is 2. The van der Waals surface area contributed by atoms with E-state index < -0.39 is 18.1 Å². The van der Waals surface area contributed by atoms with Gasteiger partial charge in [-0.25, -0.2) is 4.98 Å². The topological polar surface area (TPSA) is 96.5 Å². The maximum Gasteiger partial charge on any atom is 0.254 e. The number of aryl methyl sites for hydroxylation is 1. The molecule has 0 radical (unpaired) electrons. The first-order valence-electron chi connectivity index (χ1n) is 6.37. The number of hydrogen-bond donors (Lipinski definition) is 2. The summed E-state index contributed by atoms with van der Waals surface area (Å²) in [5, 5.41) is 9.86. The van der Waals surface area contributed by atoms with E-state index in [1.165, 1.54) is 11.0 Å². The number of aliphatic hydroxyl groups is 1. The van der Waals surface area contributed by atoms with Crippen molar-refractivity contribution in [3.8, 4) is 0 Å². The quantitative estimate of drug-likeness (QED) is 0.787. The molecule has 3 N–H and O–H groups in total. The molecule has 1 saturated heterocycles. The number of primary amides is 1. The minimum absolute atomic E-state index is 0.0911. The predicted molar refractivity (Wildman–Crippen MR) is 73.3 cm³/mol. The maximum atomic E-state index is 12.4. The van der Waals surface area contributed by atoms with Crippen LogP contribution in [0.3, 0.4) is 0 Å². The van der Waals surface area contributed by atoms with Crippen LogP contribution in [0.25, 0.3) is 0 Å². The first-order valence-corrected chi connectivity index (χ1v) is 6.75. The Balaban J connectivity index is 2.30. The predicted octanol–water partition coefficient (Wildman–Crippen LogP) is 0.358. The Bertz CT molecular complexity index is 550. The summed E-state index contributed by atoms with van der Waals surface area (Å²) < 4.78 is 0. The summed E-state index contributed by atoms with van der Waals surface area (Å²) in [6.07, 6.45) is 0.0721. The van der Waals surface area contributed by atoms with Crippen molar-refractivity contribution in [3.63, 3.8) is 0 Å². The highest BCUT2D eigenvalue weighted by Crippen LogP contribution is 2.22. The van der Waals surface area contributed by atoms with E-state index in [-0.39, 0.29) is 24.0 Å². The third-order valence-corrected chi connectivity index (χ3v) is 3.52. The SMILES string of the molecule is CCc1cc(C(=O)N2CC(O)CC2C(N)=O)cc(Cl)n1. The molecule has 0 spiro atoms. The van der Waals surface area contributed by atoms with Gasteiger partial charge in [0.05, 0.1) is 6.10 Å². The molecule has 20 heavy (non-hydrogen) atoms. The first-order chi connectivity index (χ1) is 9.42. The monoisotopic (exact) mass is 297 g/mol. The molecule has 0 aliphatic carbocycles. The largest absolute Gasteiger partial charge is 0.391 e. The average molecular weight is 298 g/mol.